The summed E-state index contributed by atoms with van der Waals surface area (Å²) >= 11 is 1.52. The van der Waals surface area contributed by atoms with Gasteiger partial charge in [0.05, 0.1) is 13.3 Å². The molecule has 0 N–H and O–H groups in total. The Morgan fingerprint density at radius 1 is 1.60 bits per heavy atom. The number of thioether (sulfide) groups is 1. The summed E-state index contributed by atoms with van der Waals surface area (Å²) in [5, 5.41) is 0.839. The predicted octanol–water partition coefficient (Wildman–Crippen LogP) is 1.69. The van der Waals surface area contributed by atoms with Crippen LogP contribution in [0.4, 0.5) is 0 Å². The third-order valence-electron chi connectivity index (χ3n) is 1.67. The monoisotopic (exact) mass is 224 g/mol. The summed E-state index contributed by atoms with van der Waals surface area (Å²) in [6.45, 7) is 1.73. The third-order valence-corrected chi connectivity index (χ3v) is 2.51. The quantitative estimate of drug-likeness (QED) is 0.442. The molecule has 5 heteroatoms. The maximum absolute atomic E-state index is 11.0. The molecule has 80 valence electrons. The Kier molecular flexibility index (Phi) is 4.83. The first-order chi connectivity index (χ1) is 7.24. The highest BCUT2D eigenvalue weighted by Gasteiger charge is 2.01. The molecular weight excluding hydrogens is 212 g/mol. The van der Waals surface area contributed by atoms with Crippen molar-refractivity contribution in [3.8, 4) is 0 Å². The van der Waals surface area contributed by atoms with E-state index < -0.39 is 0 Å². The van der Waals surface area contributed by atoms with Gasteiger partial charge < -0.3 is 4.74 Å². The molecule has 0 aliphatic rings. The molecule has 0 radical (unpaired) electrons. The zero-order valence-corrected chi connectivity index (χ0v) is 9.45. The molecule has 0 aliphatic heterocycles. The van der Waals surface area contributed by atoms with Crippen molar-refractivity contribution in [2.75, 3.05) is 12.9 Å². The Morgan fingerprint density at radius 2 is 2.40 bits per heavy atom. The summed E-state index contributed by atoms with van der Waals surface area (Å²) in [4.78, 5) is 19.1. The van der Waals surface area contributed by atoms with Crippen molar-refractivity contribution in [2.45, 2.75) is 11.9 Å². The number of esters is 1. The van der Waals surface area contributed by atoms with E-state index in [-0.39, 0.29) is 5.97 Å². The van der Waals surface area contributed by atoms with Crippen molar-refractivity contribution in [2.24, 2.45) is 0 Å². The summed E-state index contributed by atoms with van der Waals surface area (Å²) in [7, 11) is 1.37. The summed E-state index contributed by atoms with van der Waals surface area (Å²) in [5.74, 6) is 0.384. The molecule has 0 spiro atoms. The van der Waals surface area contributed by atoms with E-state index in [4.69, 9.17) is 0 Å². The van der Waals surface area contributed by atoms with Gasteiger partial charge in [0.15, 0.2) is 0 Å². The van der Waals surface area contributed by atoms with Crippen LogP contribution in [0.5, 0.6) is 0 Å². The zero-order chi connectivity index (χ0) is 11.1. The maximum atomic E-state index is 11.0. The van der Waals surface area contributed by atoms with Gasteiger partial charge in [0.25, 0.3) is 0 Å². The Morgan fingerprint density at radius 3 is 3.00 bits per heavy atom. The van der Waals surface area contributed by atoms with Crippen LogP contribution in [0, 0.1) is 0 Å². The molecule has 1 rings (SSSR count). The number of hydrogen-bond acceptors (Lipinski definition) is 5. The van der Waals surface area contributed by atoms with Crippen molar-refractivity contribution in [1.29, 1.82) is 0 Å². The number of rotatable bonds is 4. The van der Waals surface area contributed by atoms with Crippen molar-refractivity contribution in [3.05, 3.63) is 30.2 Å². The summed E-state index contributed by atoms with van der Waals surface area (Å²) in [6.07, 6.45) is 6.76. The fourth-order valence-electron chi connectivity index (χ4n) is 0.856. The van der Waals surface area contributed by atoms with Gasteiger partial charge in [-0.15, -0.1) is 11.8 Å². The van der Waals surface area contributed by atoms with Crippen molar-refractivity contribution < 1.29 is 9.53 Å². The molecule has 0 aromatic carbocycles. The molecule has 15 heavy (non-hydrogen) atoms. The van der Waals surface area contributed by atoms with Crippen LogP contribution < -0.4 is 0 Å². The molecule has 0 saturated heterocycles. The Labute approximate surface area is 92.8 Å². The largest absolute Gasteiger partial charge is 0.466 e. The van der Waals surface area contributed by atoms with E-state index in [2.05, 4.69) is 14.7 Å². The van der Waals surface area contributed by atoms with Crippen molar-refractivity contribution in [1.82, 2.24) is 9.97 Å². The molecule has 1 heterocycles. The molecule has 0 saturated carbocycles. The lowest BCUT2D eigenvalue weighted by Crippen LogP contribution is -2.01. The predicted molar refractivity (Wildman–Crippen MR) is 58.5 cm³/mol. The second-order valence-corrected chi connectivity index (χ2v) is 3.77. The van der Waals surface area contributed by atoms with E-state index in [0.717, 1.165) is 5.03 Å². The standard InChI is InChI=1S/C10H12N2O2S/c1-8(10(13)14-2)3-6-15-9-7-11-4-5-12-9/h3-5,7H,6H2,1-2H3. The van der Waals surface area contributed by atoms with Crippen LogP contribution in [-0.2, 0) is 9.53 Å². The highest BCUT2D eigenvalue weighted by molar-refractivity contribution is 7.99. The van der Waals surface area contributed by atoms with E-state index in [1.165, 1.54) is 18.9 Å². The van der Waals surface area contributed by atoms with Crippen LogP contribution in [0.15, 0.2) is 35.3 Å². The number of ether oxygens (including phenoxy) is 1. The van der Waals surface area contributed by atoms with Gasteiger partial charge in [-0.05, 0) is 6.92 Å². The minimum Gasteiger partial charge on any atom is -0.466 e. The summed E-state index contributed by atoms with van der Waals surface area (Å²) < 4.78 is 4.57. The van der Waals surface area contributed by atoms with Gasteiger partial charge in [-0.1, -0.05) is 6.08 Å². The molecule has 1 aromatic heterocycles. The molecule has 0 unspecified atom stereocenters. The van der Waals surface area contributed by atoms with Crippen LogP contribution >= 0.6 is 11.8 Å². The molecule has 0 fully saturated rings. The first-order valence-corrected chi connectivity index (χ1v) is 5.36. The van der Waals surface area contributed by atoms with Gasteiger partial charge in [-0.25, -0.2) is 9.78 Å². The number of carbonyl (C=O) groups excluding carboxylic acids is 1. The average molecular weight is 224 g/mol. The lowest BCUT2D eigenvalue weighted by atomic mass is 10.3. The topological polar surface area (TPSA) is 52.1 Å². The van der Waals surface area contributed by atoms with Crippen LogP contribution in [0.3, 0.4) is 0 Å². The third kappa shape index (κ3) is 4.12. The fourth-order valence-corrected chi connectivity index (χ4v) is 1.63. The van der Waals surface area contributed by atoms with Crippen LogP contribution in [0.2, 0.25) is 0 Å². The van der Waals surface area contributed by atoms with Crippen LogP contribution in [-0.4, -0.2) is 28.8 Å². The highest BCUT2D eigenvalue weighted by Crippen LogP contribution is 2.13. The van der Waals surface area contributed by atoms with Gasteiger partial charge in [-0.3, -0.25) is 4.98 Å². The molecule has 1 aromatic rings. The van der Waals surface area contributed by atoms with Crippen LogP contribution in [0.1, 0.15) is 6.92 Å². The van der Waals surface area contributed by atoms with Gasteiger partial charge in [0.1, 0.15) is 5.03 Å². The number of aromatic nitrogens is 2. The Balaban J connectivity index is 2.42. The second-order valence-electron chi connectivity index (χ2n) is 2.73. The van der Waals surface area contributed by atoms with E-state index >= 15 is 0 Å². The van der Waals surface area contributed by atoms with Gasteiger partial charge in [0, 0.05) is 23.7 Å². The highest BCUT2D eigenvalue weighted by atomic mass is 32.2. The summed E-state index contributed by atoms with van der Waals surface area (Å²) in [6, 6.07) is 0. The van der Waals surface area contributed by atoms with Gasteiger partial charge >= 0.3 is 5.97 Å². The van der Waals surface area contributed by atoms with Crippen LogP contribution in [0.25, 0.3) is 0 Å². The number of methoxy groups -OCH3 is 1. The first kappa shape index (κ1) is 11.7. The second kappa shape index (κ2) is 6.19. The normalized spacial score (nSPS) is 11.2. The van der Waals surface area contributed by atoms with E-state index in [9.17, 15) is 4.79 Å². The molecule has 0 aliphatic carbocycles. The maximum Gasteiger partial charge on any atom is 0.333 e. The number of nitrogens with zero attached hydrogens (tertiary/aromatic N) is 2. The zero-order valence-electron chi connectivity index (χ0n) is 8.64. The molecule has 0 amide bonds. The van der Waals surface area contributed by atoms with Gasteiger partial charge in [-0.2, -0.15) is 0 Å². The molecular formula is C10H12N2O2S. The average Bonchev–Trinajstić information content (AvgIpc) is 2.29. The fraction of sp³-hybridized carbons (Fsp3) is 0.300. The van der Waals surface area contributed by atoms with E-state index in [0.29, 0.717) is 11.3 Å². The SMILES string of the molecule is COC(=O)C(C)=CCSc1cnccn1. The van der Waals surface area contributed by atoms with Crippen molar-refractivity contribution in [3.63, 3.8) is 0 Å². The molecule has 0 bridgehead atoms. The van der Waals surface area contributed by atoms with E-state index in [1.807, 2.05) is 6.08 Å². The minimum absolute atomic E-state index is 0.297. The smallest absolute Gasteiger partial charge is 0.333 e. The minimum atomic E-state index is -0.297. The molecule has 4 nitrogen and oxygen atoms in total. The lowest BCUT2D eigenvalue weighted by molar-refractivity contribution is -0.136. The van der Waals surface area contributed by atoms with Gasteiger partial charge in [0.2, 0.25) is 0 Å². The Hall–Kier alpha value is -1.36. The number of carbonyl (C=O) groups is 1. The lowest BCUT2D eigenvalue weighted by Gasteiger charge is -1.98. The summed E-state index contributed by atoms with van der Waals surface area (Å²) in [5.41, 5.74) is 0.605. The Bertz CT molecular complexity index is 352. The number of hydrogen-bond donors (Lipinski definition) is 0. The van der Waals surface area contributed by atoms with Crippen molar-refractivity contribution >= 4 is 17.7 Å². The van der Waals surface area contributed by atoms with E-state index in [1.54, 1.807) is 25.5 Å². The molecule has 0 atom stereocenters. The first-order valence-electron chi connectivity index (χ1n) is 4.38.